The predicted octanol–water partition coefficient (Wildman–Crippen LogP) is 2.67. The van der Waals surface area contributed by atoms with Crippen molar-refractivity contribution in [1.29, 1.82) is 0 Å². The van der Waals surface area contributed by atoms with Crippen LogP contribution in [0.5, 0.6) is 0 Å². The van der Waals surface area contributed by atoms with Crippen LogP contribution in [0.3, 0.4) is 0 Å². The Morgan fingerprint density at radius 1 is 1.39 bits per heavy atom. The molecule has 128 valence electrons. The Morgan fingerprint density at radius 2 is 2.13 bits per heavy atom. The van der Waals surface area contributed by atoms with Crippen LogP contribution in [-0.2, 0) is 21.4 Å². The lowest BCUT2D eigenvalue weighted by Crippen LogP contribution is -2.45. The molecule has 1 aliphatic heterocycles. The van der Waals surface area contributed by atoms with E-state index < -0.39 is 10.0 Å². The molecular formula is C15H20Cl2N2O3S. The zero-order chi connectivity index (χ0) is 17.0. The first-order valence-electron chi connectivity index (χ1n) is 7.53. The smallest absolute Gasteiger partial charge is 0.224 e. The van der Waals surface area contributed by atoms with Crippen molar-refractivity contribution in [3.8, 4) is 0 Å². The Labute approximate surface area is 147 Å². The Morgan fingerprint density at radius 3 is 2.78 bits per heavy atom. The number of carbonyl (C=O) groups is 1. The molecule has 1 amide bonds. The largest absolute Gasteiger partial charge is 0.352 e. The number of hydrogen-bond acceptors (Lipinski definition) is 3. The predicted molar refractivity (Wildman–Crippen MR) is 92.1 cm³/mol. The fourth-order valence-corrected chi connectivity index (χ4v) is 4.24. The zero-order valence-corrected chi connectivity index (χ0v) is 15.2. The molecule has 0 aromatic heterocycles. The molecule has 0 aliphatic carbocycles. The van der Waals surface area contributed by atoms with Gasteiger partial charge in [-0.05, 0) is 37.5 Å². The van der Waals surface area contributed by atoms with Gasteiger partial charge in [0.15, 0.2) is 0 Å². The lowest BCUT2D eigenvalue weighted by Gasteiger charge is -2.30. The maximum absolute atomic E-state index is 12.3. The number of piperidine rings is 1. The average molecular weight is 379 g/mol. The van der Waals surface area contributed by atoms with Crippen LogP contribution in [0.2, 0.25) is 10.0 Å². The summed E-state index contributed by atoms with van der Waals surface area (Å²) >= 11 is 11.9. The van der Waals surface area contributed by atoms with Crippen LogP contribution in [0.15, 0.2) is 18.2 Å². The highest BCUT2D eigenvalue weighted by molar-refractivity contribution is 7.89. The molecule has 1 aliphatic rings. The van der Waals surface area contributed by atoms with Crippen molar-refractivity contribution in [2.45, 2.75) is 26.3 Å². The van der Waals surface area contributed by atoms with Crippen molar-refractivity contribution < 1.29 is 13.2 Å². The highest BCUT2D eigenvalue weighted by atomic mass is 35.5. The molecular weight excluding hydrogens is 359 g/mol. The Kier molecular flexibility index (Phi) is 6.31. The summed E-state index contributed by atoms with van der Waals surface area (Å²) in [4.78, 5) is 12.3. The van der Waals surface area contributed by atoms with Gasteiger partial charge in [0.1, 0.15) is 0 Å². The molecule has 1 aromatic rings. The highest BCUT2D eigenvalue weighted by Gasteiger charge is 2.31. The number of carbonyl (C=O) groups excluding carboxylic acids is 1. The van der Waals surface area contributed by atoms with Gasteiger partial charge in [-0.25, -0.2) is 12.7 Å². The Balaban J connectivity index is 1.95. The molecule has 1 heterocycles. The van der Waals surface area contributed by atoms with Gasteiger partial charge in [-0.1, -0.05) is 29.3 Å². The fourth-order valence-electron chi connectivity index (χ4n) is 2.58. The summed E-state index contributed by atoms with van der Waals surface area (Å²) in [5.74, 6) is -0.412. The van der Waals surface area contributed by atoms with Crippen molar-refractivity contribution in [2.24, 2.45) is 5.92 Å². The minimum absolute atomic E-state index is 0.0573. The van der Waals surface area contributed by atoms with Crippen LogP contribution in [0, 0.1) is 5.92 Å². The van der Waals surface area contributed by atoms with Crippen molar-refractivity contribution in [2.75, 3.05) is 18.8 Å². The van der Waals surface area contributed by atoms with Gasteiger partial charge in [0.2, 0.25) is 15.9 Å². The van der Waals surface area contributed by atoms with E-state index in [1.807, 2.05) is 0 Å². The lowest BCUT2D eigenvalue weighted by atomic mass is 9.99. The molecule has 1 saturated heterocycles. The molecule has 1 N–H and O–H groups in total. The van der Waals surface area contributed by atoms with Crippen LogP contribution in [-0.4, -0.2) is 37.5 Å². The molecule has 1 aromatic carbocycles. The van der Waals surface area contributed by atoms with Crippen LogP contribution in [0.4, 0.5) is 0 Å². The number of rotatable bonds is 5. The van der Waals surface area contributed by atoms with Crippen molar-refractivity contribution in [3.63, 3.8) is 0 Å². The quantitative estimate of drug-likeness (QED) is 0.856. The third-order valence-electron chi connectivity index (χ3n) is 3.98. The minimum atomic E-state index is -3.25. The standard InChI is InChI=1S/C15H20Cl2N2O3S/c1-2-23(21,22)19-7-3-4-12(10-19)15(20)18-9-11-5-6-13(16)8-14(11)17/h5-6,8,12H,2-4,7,9-10H2,1H3,(H,18,20). The van der Waals surface area contributed by atoms with E-state index in [0.29, 0.717) is 36.0 Å². The molecule has 1 unspecified atom stereocenters. The molecule has 5 nitrogen and oxygen atoms in total. The number of amides is 1. The first-order chi connectivity index (χ1) is 10.8. The first kappa shape index (κ1) is 18.5. The summed E-state index contributed by atoms with van der Waals surface area (Å²) in [6.45, 7) is 2.65. The molecule has 8 heteroatoms. The number of benzene rings is 1. The van der Waals surface area contributed by atoms with Gasteiger partial charge in [-0.3, -0.25) is 4.79 Å². The van der Waals surface area contributed by atoms with E-state index in [1.54, 1.807) is 25.1 Å². The van der Waals surface area contributed by atoms with E-state index in [-0.39, 0.29) is 24.1 Å². The summed E-state index contributed by atoms with van der Waals surface area (Å²) in [5.41, 5.74) is 0.776. The summed E-state index contributed by atoms with van der Waals surface area (Å²) in [5, 5.41) is 3.87. The summed E-state index contributed by atoms with van der Waals surface area (Å²) in [6.07, 6.45) is 1.38. The summed E-state index contributed by atoms with van der Waals surface area (Å²) in [7, 11) is -3.25. The molecule has 0 spiro atoms. The molecule has 2 rings (SSSR count). The van der Waals surface area contributed by atoms with E-state index in [1.165, 1.54) is 4.31 Å². The summed E-state index contributed by atoms with van der Waals surface area (Å²) in [6, 6.07) is 5.10. The second-order valence-electron chi connectivity index (χ2n) is 5.55. The van der Waals surface area contributed by atoms with Crippen molar-refractivity contribution in [1.82, 2.24) is 9.62 Å². The second-order valence-corrected chi connectivity index (χ2v) is 8.65. The van der Waals surface area contributed by atoms with Crippen molar-refractivity contribution >= 4 is 39.1 Å². The normalized spacial score (nSPS) is 19.5. The summed E-state index contributed by atoms with van der Waals surface area (Å²) < 4.78 is 25.3. The maximum atomic E-state index is 12.3. The molecule has 23 heavy (non-hydrogen) atoms. The molecule has 1 atom stereocenters. The topological polar surface area (TPSA) is 66.5 Å². The van der Waals surface area contributed by atoms with Gasteiger partial charge in [0, 0.05) is 29.7 Å². The third kappa shape index (κ3) is 4.83. The Bertz CT molecular complexity index is 679. The van der Waals surface area contributed by atoms with Crippen LogP contribution >= 0.6 is 23.2 Å². The molecule has 0 saturated carbocycles. The number of hydrogen-bond donors (Lipinski definition) is 1. The van der Waals surface area contributed by atoms with Gasteiger partial charge in [-0.2, -0.15) is 0 Å². The number of halogens is 2. The van der Waals surface area contributed by atoms with Gasteiger partial charge in [0.25, 0.3) is 0 Å². The number of nitrogens with one attached hydrogen (secondary N) is 1. The van der Waals surface area contributed by atoms with E-state index >= 15 is 0 Å². The minimum Gasteiger partial charge on any atom is -0.352 e. The van der Waals surface area contributed by atoms with E-state index in [0.717, 1.165) is 5.56 Å². The monoisotopic (exact) mass is 378 g/mol. The maximum Gasteiger partial charge on any atom is 0.224 e. The lowest BCUT2D eigenvalue weighted by molar-refractivity contribution is -0.126. The van der Waals surface area contributed by atoms with E-state index in [9.17, 15) is 13.2 Å². The van der Waals surface area contributed by atoms with Crippen LogP contribution in [0.1, 0.15) is 25.3 Å². The van der Waals surface area contributed by atoms with Gasteiger partial charge >= 0.3 is 0 Å². The van der Waals surface area contributed by atoms with Crippen molar-refractivity contribution in [3.05, 3.63) is 33.8 Å². The average Bonchev–Trinajstić information content (AvgIpc) is 2.54. The molecule has 0 bridgehead atoms. The van der Waals surface area contributed by atoms with Crippen LogP contribution < -0.4 is 5.32 Å². The third-order valence-corrected chi connectivity index (χ3v) is 6.42. The first-order valence-corrected chi connectivity index (χ1v) is 9.89. The highest BCUT2D eigenvalue weighted by Crippen LogP contribution is 2.22. The second kappa shape index (κ2) is 7.83. The van der Waals surface area contributed by atoms with E-state index in [4.69, 9.17) is 23.2 Å². The van der Waals surface area contributed by atoms with Gasteiger partial charge in [0.05, 0.1) is 11.7 Å². The molecule has 1 fully saturated rings. The zero-order valence-electron chi connectivity index (χ0n) is 12.9. The fraction of sp³-hybridized carbons (Fsp3) is 0.533. The SMILES string of the molecule is CCS(=O)(=O)N1CCCC(C(=O)NCc2ccc(Cl)cc2Cl)C1. The number of sulfonamides is 1. The van der Waals surface area contributed by atoms with Gasteiger partial charge < -0.3 is 5.32 Å². The van der Waals surface area contributed by atoms with E-state index in [2.05, 4.69) is 5.32 Å². The van der Waals surface area contributed by atoms with Crippen LogP contribution in [0.25, 0.3) is 0 Å². The van der Waals surface area contributed by atoms with Gasteiger partial charge in [-0.15, -0.1) is 0 Å². The number of nitrogens with zero attached hydrogens (tertiary/aromatic N) is 1. The molecule has 0 radical (unpaired) electrons. The Hall–Kier alpha value is -0.820.